The van der Waals surface area contributed by atoms with Crippen molar-refractivity contribution in [1.29, 1.82) is 0 Å². The first-order valence-electron chi connectivity index (χ1n) is 6.84. The molecule has 0 bridgehead atoms. The first-order chi connectivity index (χ1) is 9.79. The second-order valence-electron chi connectivity index (χ2n) is 5.59. The van der Waals surface area contributed by atoms with Crippen LogP contribution in [0.3, 0.4) is 0 Å². The topological polar surface area (TPSA) is 86.7 Å². The van der Waals surface area contributed by atoms with Gasteiger partial charge in [-0.1, -0.05) is 6.92 Å². The fourth-order valence-corrected chi connectivity index (χ4v) is 3.95. The fourth-order valence-electron chi connectivity index (χ4n) is 2.57. The highest BCUT2D eigenvalue weighted by Gasteiger charge is 2.28. The molecule has 2 N–H and O–H groups in total. The van der Waals surface area contributed by atoms with E-state index in [0.717, 1.165) is 19.5 Å². The highest BCUT2D eigenvalue weighted by molar-refractivity contribution is 7.89. The van der Waals surface area contributed by atoms with Crippen LogP contribution >= 0.6 is 0 Å². The van der Waals surface area contributed by atoms with Gasteiger partial charge in [-0.25, -0.2) is 17.9 Å². The highest BCUT2D eigenvalue weighted by atomic mass is 32.2. The minimum Gasteiger partial charge on any atom is -0.478 e. The van der Waals surface area contributed by atoms with Crippen LogP contribution in [-0.4, -0.2) is 50.6 Å². The first kappa shape index (κ1) is 15.9. The minimum absolute atomic E-state index is 0.0709. The van der Waals surface area contributed by atoms with Gasteiger partial charge in [0.2, 0.25) is 10.0 Å². The van der Waals surface area contributed by atoms with Crippen molar-refractivity contribution in [2.45, 2.75) is 24.3 Å². The third kappa shape index (κ3) is 3.81. The second-order valence-corrected chi connectivity index (χ2v) is 7.30. The number of sulfonamides is 1. The number of rotatable bonds is 4. The highest BCUT2D eigenvalue weighted by Crippen LogP contribution is 2.19. The van der Waals surface area contributed by atoms with E-state index in [4.69, 9.17) is 5.11 Å². The van der Waals surface area contributed by atoms with Gasteiger partial charge in [0.25, 0.3) is 0 Å². The molecule has 0 radical (unpaired) electrons. The van der Waals surface area contributed by atoms with Crippen LogP contribution < -0.4 is 4.72 Å². The molecule has 0 amide bonds. The van der Waals surface area contributed by atoms with Crippen molar-refractivity contribution in [3.05, 3.63) is 29.8 Å². The van der Waals surface area contributed by atoms with Gasteiger partial charge < -0.3 is 10.0 Å². The zero-order valence-electron chi connectivity index (χ0n) is 12.1. The Morgan fingerprint density at radius 3 is 2.48 bits per heavy atom. The van der Waals surface area contributed by atoms with Crippen LogP contribution in [0.4, 0.5) is 0 Å². The monoisotopic (exact) mass is 312 g/mol. The van der Waals surface area contributed by atoms with Crippen molar-refractivity contribution in [1.82, 2.24) is 9.62 Å². The van der Waals surface area contributed by atoms with Gasteiger partial charge >= 0.3 is 5.97 Å². The molecule has 0 aliphatic carbocycles. The van der Waals surface area contributed by atoms with E-state index in [-0.39, 0.29) is 22.4 Å². The molecule has 1 saturated heterocycles. The summed E-state index contributed by atoms with van der Waals surface area (Å²) in [6.07, 6.45) is 0.768. The summed E-state index contributed by atoms with van der Waals surface area (Å²) in [6, 6.07) is 5.16. The predicted octanol–water partition coefficient (Wildman–Crippen LogP) is 1.00. The maximum atomic E-state index is 12.3. The molecule has 1 aromatic carbocycles. The summed E-state index contributed by atoms with van der Waals surface area (Å²) in [5.74, 6) is -0.840. The number of carboxylic acids is 1. The van der Waals surface area contributed by atoms with Crippen LogP contribution in [0, 0.1) is 5.92 Å². The number of aromatic carboxylic acids is 1. The summed E-state index contributed by atoms with van der Waals surface area (Å²) in [5.41, 5.74) is 0.0709. The van der Waals surface area contributed by atoms with Gasteiger partial charge in [-0.05, 0) is 50.2 Å². The number of piperidine rings is 1. The molecule has 0 aromatic heterocycles. The van der Waals surface area contributed by atoms with Gasteiger partial charge in [0.1, 0.15) is 0 Å². The molecule has 7 heteroatoms. The Kier molecular flexibility index (Phi) is 4.65. The first-order valence-corrected chi connectivity index (χ1v) is 8.32. The molecule has 21 heavy (non-hydrogen) atoms. The zero-order chi connectivity index (χ0) is 15.6. The lowest BCUT2D eigenvalue weighted by Gasteiger charge is -2.34. The van der Waals surface area contributed by atoms with E-state index in [1.807, 2.05) is 14.0 Å². The molecule has 2 unspecified atom stereocenters. The molecule has 1 aliphatic rings. The number of hydrogen-bond donors (Lipinski definition) is 2. The Balaban J connectivity index is 2.13. The minimum atomic E-state index is -3.61. The van der Waals surface area contributed by atoms with Crippen molar-refractivity contribution in [2.75, 3.05) is 20.1 Å². The van der Waals surface area contributed by atoms with Gasteiger partial charge in [-0.15, -0.1) is 0 Å². The third-order valence-electron chi connectivity index (χ3n) is 3.83. The number of benzene rings is 1. The maximum Gasteiger partial charge on any atom is 0.335 e. The Bertz CT molecular complexity index is 612. The van der Waals surface area contributed by atoms with Gasteiger partial charge in [-0.3, -0.25) is 0 Å². The number of likely N-dealkylation sites (tertiary alicyclic amines) is 1. The summed E-state index contributed by atoms with van der Waals surface area (Å²) >= 11 is 0. The summed E-state index contributed by atoms with van der Waals surface area (Å²) in [4.78, 5) is 13.1. The predicted molar refractivity (Wildman–Crippen MR) is 78.8 cm³/mol. The Morgan fingerprint density at radius 2 is 1.95 bits per heavy atom. The van der Waals surface area contributed by atoms with Crippen molar-refractivity contribution in [3.63, 3.8) is 0 Å². The largest absolute Gasteiger partial charge is 0.478 e. The normalized spacial score (nSPS) is 23.9. The van der Waals surface area contributed by atoms with E-state index < -0.39 is 16.0 Å². The van der Waals surface area contributed by atoms with Crippen molar-refractivity contribution < 1.29 is 18.3 Å². The summed E-state index contributed by atoms with van der Waals surface area (Å²) in [5, 5.41) is 8.83. The summed E-state index contributed by atoms with van der Waals surface area (Å²) < 4.78 is 27.4. The number of hydrogen-bond acceptors (Lipinski definition) is 4. The van der Waals surface area contributed by atoms with Crippen molar-refractivity contribution in [2.24, 2.45) is 5.92 Å². The van der Waals surface area contributed by atoms with E-state index >= 15 is 0 Å². The maximum absolute atomic E-state index is 12.3. The Hall–Kier alpha value is -1.44. The quantitative estimate of drug-likeness (QED) is 0.866. The van der Waals surface area contributed by atoms with Crippen LogP contribution in [0.2, 0.25) is 0 Å². The third-order valence-corrected chi connectivity index (χ3v) is 5.33. The molecule has 1 heterocycles. The smallest absolute Gasteiger partial charge is 0.335 e. The second kappa shape index (κ2) is 6.13. The molecular weight excluding hydrogens is 292 g/mol. The van der Waals surface area contributed by atoms with Gasteiger partial charge in [-0.2, -0.15) is 0 Å². The molecule has 0 saturated carbocycles. The van der Waals surface area contributed by atoms with Crippen molar-refractivity contribution >= 4 is 16.0 Å². The molecule has 2 rings (SSSR count). The number of carbonyl (C=O) groups is 1. The van der Waals surface area contributed by atoms with E-state index in [0.29, 0.717) is 0 Å². The molecule has 2 atom stereocenters. The standard InChI is InChI=1S/C14H20N2O4S/c1-10-9-16(2)8-7-13(10)15-21(19,20)12-5-3-11(4-6-12)14(17)18/h3-6,10,13,15H,7-9H2,1-2H3,(H,17,18). The average Bonchev–Trinajstić information content (AvgIpc) is 2.42. The Labute approximate surface area is 124 Å². The summed E-state index contributed by atoms with van der Waals surface area (Å²) in [7, 11) is -1.59. The molecule has 1 aromatic rings. The van der Waals surface area contributed by atoms with E-state index in [2.05, 4.69) is 9.62 Å². The fraction of sp³-hybridized carbons (Fsp3) is 0.500. The molecule has 116 valence electrons. The van der Waals surface area contributed by atoms with Crippen LogP contribution in [0.15, 0.2) is 29.2 Å². The summed E-state index contributed by atoms with van der Waals surface area (Å²) in [6.45, 7) is 3.73. The molecule has 1 fully saturated rings. The molecule has 1 aliphatic heterocycles. The SMILES string of the molecule is CC1CN(C)CCC1NS(=O)(=O)c1ccc(C(=O)O)cc1. The van der Waals surface area contributed by atoms with Crippen LogP contribution in [0.5, 0.6) is 0 Å². The van der Waals surface area contributed by atoms with Crippen LogP contribution in [-0.2, 0) is 10.0 Å². The number of carboxylic acid groups (broad SMARTS) is 1. The van der Waals surface area contributed by atoms with Crippen LogP contribution in [0.25, 0.3) is 0 Å². The lowest BCUT2D eigenvalue weighted by Crippen LogP contribution is -2.48. The van der Waals surface area contributed by atoms with Crippen molar-refractivity contribution in [3.8, 4) is 0 Å². The lowest BCUT2D eigenvalue weighted by atomic mass is 9.95. The Morgan fingerprint density at radius 1 is 1.33 bits per heavy atom. The molecule has 0 spiro atoms. The molecular formula is C14H20N2O4S. The van der Waals surface area contributed by atoms with E-state index in [9.17, 15) is 13.2 Å². The van der Waals surface area contributed by atoms with Gasteiger partial charge in [0, 0.05) is 12.6 Å². The zero-order valence-corrected chi connectivity index (χ0v) is 12.9. The van der Waals surface area contributed by atoms with Gasteiger partial charge in [0.15, 0.2) is 0 Å². The number of nitrogens with zero attached hydrogens (tertiary/aromatic N) is 1. The average molecular weight is 312 g/mol. The lowest BCUT2D eigenvalue weighted by molar-refractivity contribution is 0.0696. The van der Waals surface area contributed by atoms with Crippen LogP contribution in [0.1, 0.15) is 23.7 Å². The van der Waals surface area contributed by atoms with Gasteiger partial charge in [0.05, 0.1) is 10.5 Å². The number of nitrogens with one attached hydrogen (secondary N) is 1. The van der Waals surface area contributed by atoms with E-state index in [1.165, 1.54) is 24.3 Å². The molecule has 6 nitrogen and oxygen atoms in total. The van der Waals surface area contributed by atoms with E-state index in [1.54, 1.807) is 0 Å².